The Morgan fingerprint density at radius 2 is 2.43 bits per heavy atom. The van der Waals surface area contributed by atoms with E-state index in [0.717, 1.165) is 5.69 Å². The molecule has 1 rings (SSSR count). The number of carbonyl (C=O) groups excluding carboxylic acids is 1. The molecule has 0 spiro atoms. The number of nitrogens with zero attached hydrogens (tertiary/aromatic N) is 2. The molecule has 0 aliphatic carbocycles. The number of carbonyl (C=O) groups is 1. The Balaban J connectivity index is 2.37. The zero-order chi connectivity index (χ0) is 10.6. The number of nitrogens with one attached hydrogen (secondary N) is 1. The van der Waals surface area contributed by atoms with Crippen LogP contribution in [0.15, 0.2) is 10.6 Å². The molecule has 1 N–H and O–H groups in total. The summed E-state index contributed by atoms with van der Waals surface area (Å²) in [7, 11) is 1.74. The zero-order valence-electron chi connectivity index (χ0n) is 8.70. The van der Waals surface area contributed by atoms with Crippen LogP contribution in [0, 0.1) is 6.92 Å². The maximum absolute atomic E-state index is 11.3. The van der Waals surface area contributed by atoms with Gasteiger partial charge in [-0.1, -0.05) is 5.16 Å². The van der Waals surface area contributed by atoms with E-state index in [0.29, 0.717) is 18.8 Å². The van der Waals surface area contributed by atoms with E-state index >= 15 is 0 Å². The standard InChI is InChI=1S/C9H15N3O2/c1-4-12(3)9(13)10-6-8-5-7(2)11-14-8/h5H,4,6H2,1-3H3,(H,10,13). The van der Waals surface area contributed by atoms with Crippen LogP contribution in [0.1, 0.15) is 18.4 Å². The van der Waals surface area contributed by atoms with Crippen molar-refractivity contribution >= 4 is 6.03 Å². The van der Waals surface area contributed by atoms with Crippen LogP contribution in [0.5, 0.6) is 0 Å². The average Bonchev–Trinajstić information content (AvgIpc) is 2.59. The van der Waals surface area contributed by atoms with E-state index in [1.54, 1.807) is 18.0 Å². The van der Waals surface area contributed by atoms with Crippen molar-refractivity contribution in [2.24, 2.45) is 0 Å². The fourth-order valence-corrected chi connectivity index (χ4v) is 0.941. The first-order valence-corrected chi connectivity index (χ1v) is 4.54. The number of hydrogen-bond acceptors (Lipinski definition) is 3. The number of urea groups is 1. The van der Waals surface area contributed by atoms with E-state index in [-0.39, 0.29) is 6.03 Å². The molecule has 5 heteroatoms. The van der Waals surface area contributed by atoms with Gasteiger partial charge in [0.2, 0.25) is 0 Å². The molecule has 1 aromatic rings. The maximum Gasteiger partial charge on any atom is 0.317 e. The van der Waals surface area contributed by atoms with Gasteiger partial charge in [0.25, 0.3) is 0 Å². The molecule has 0 atom stereocenters. The summed E-state index contributed by atoms with van der Waals surface area (Å²) in [6.45, 7) is 4.82. The van der Waals surface area contributed by atoms with Crippen molar-refractivity contribution in [3.8, 4) is 0 Å². The van der Waals surface area contributed by atoms with Crippen molar-refractivity contribution in [2.45, 2.75) is 20.4 Å². The molecule has 1 heterocycles. The third-order valence-electron chi connectivity index (χ3n) is 1.91. The summed E-state index contributed by atoms with van der Waals surface area (Å²) in [4.78, 5) is 12.9. The van der Waals surface area contributed by atoms with Gasteiger partial charge < -0.3 is 14.7 Å². The summed E-state index contributed by atoms with van der Waals surface area (Å²) in [6, 6.07) is 1.69. The molecule has 0 saturated heterocycles. The van der Waals surface area contributed by atoms with Gasteiger partial charge in [0.05, 0.1) is 12.2 Å². The lowest BCUT2D eigenvalue weighted by atomic mass is 10.4. The summed E-state index contributed by atoms with van der Waals surface area (Å²) >= 11 is 0. The number of rotatable bonds is 3. The molecule has 2 amide bonds. The van der Waals surface area contributed by atoms with Crippen LogP contribution in [0.3, 0.4) is 0 Å². The molecule has 78 valence electrons. The monoisotopic (exact) mass is 197 g/mol. The van der Waals surface area contributed by atoms with Crippen molar-refractivity contribution in [1.82, 2.24) is 15.4 Å². The minimum Gasteiger partial charge on any atom is -0.359 e. The highest BCUT2D eigenvalue weighted by atomic mass is 16.5. The van der Waals surface area contributed by atoms with Crippen LogP contribution in [-0.4, -0.2) is 29.7 Å². The summed E-state index contributed by atoms with van der Waals surface area (Å²) < 4.78 is 4.94. The molecule has 0 aliphatic rings. The van der Waals surface area contributed by atoms with Crippen LogP contribution in [0.25, 0.3) is 0 Å². The lowest BCUT2D eigenvalue weighted by Gasteiger charge is -2.14. The van der Waals surface area contributed by atoms with Crippen molar-refractivity contribution in [2.75, 3.05) is 13.6 Å². The van der Waals surface area contributed by atoms with Crippen LogP contribution >= 0.6 is 0 Å². The van der Waals surface area contributed by atoms with E-state index in [2.05, 4.69) is 10.5 Å². The van der Waals surface area contributed by atoms with E-state index in [4.69, 9.17) is 4.52 Å². The Hall–Kier alpha value is -1.52. The van der Waals surface area contributed by atoms with Crippen LogP contribution < -0.4 is 5.32 Å². The molecule has 0 bridgehead atoms. The second-order valence-electron chi connectivity index (χ2n) is 3.11. The van der Waals surface area contributed by atoms with Crippen molar-refractivity contribution in [3.63, 3.8) is 0 Å². The zero-order valence-corrected chi connectivity index (χ0v) is 8.70. The minimum absolute atomic E-state index is 0.110. The molecule has 0 unspecified atom stereocenters. The number of amides is 2. The Labute approximate surface area is 83.1 Å². The first kappa shape index (κ1) is 10.6. The Kier molecular flexibility index (Phi) is 3.50. The molecule has 0 fully saturated rings. The predicted octanol–water partition coefficient (Wildman–Crippen LogP) is 1.14. The smallest absolute Gasteiger partial charge is 0.317 e. The van der Waals surface area contributed by atoms with Crippen molar-refractivity contribution in [3.05, 3.63) is 17.5 Å². The molecule has 0 aliphatic heterocycles. The number of aromatic nitrogens is 1. The SMILES string of the molecule is CCN(C)C(=O)NCc1cc(C)no1. The van der Waals surface area contributed by atoms with Gasteiger partial charge >= 0.3 is 6.03 Å². The van der Waals surface area contributed by atoms with Gasteiger partial charge in [0, 0.05) is 19.7 Å². The Morgan fingerprint density at radius 1 is 1.71 bits per heavy atom. The minimum atomic E-state index is -0.110. The van der Waals surface area contributed by atoms with Gasteiger partial charge in [-0.05, 0) is 13.8 Å². The lowest BCUT2D eigenvalue weighted by Crippen LogP contribution is -2.36. The highest BCUT2D eigenvalue weighted by molar-refractivity contribution is 5.73. The normalized spacial score (nSPS) is 9.93. The van der Waals surface area contributed by atoms with E-state index < -0.39 is 0 Å². The van der Waals surface area contributed by atoms with Crippen molar-refractivity contribution < 1.29 is 9.32 Å². The maximum atomic E-state index is 11.3. The van der Waals surface area contributed by atoms with Crippen LogP contribution in [0.4, 0.5) is 4.79 Å². The number of aryl methyl sites for hydroxylation is 1. The van der Waals surface area contributed by atoms with Gasteiger partial charge in [-0.3, -0.25) is 0 Å². The van der Waals surface area contributed by atoms with E-state index in [1.807, 2.05) is 13.8 Å². The molecule has 1 aromatic heterocycles. The molecule has 5 nitrogen and oxygen atoms in total. The van der Waals surface area contributed by atoms with Crippen molar-refractivity contribution in [1.29, 1.82) is 0 Å². The summed E-state index contributed by atoms with van der Waals surface area (Å²) in [6.07, 6.45) is 0. The quantitative estimate of drug-likeness (QED) is 0.790. The van der Waals surface area contributed by atoms with Gasteiger partial charge in [-0.25, -0.2) is 4.79 Å². The summed E-state index contributed by atoms with van der Waals surface area (Å²) in [5.74, 6) is 0.667. The highest BCUT2D eigenvalue weighted by Gasteiger charge is 2.06. The molecular weight excluding hydrogens is 182 g/mol. The second kappa shape index (κ2) is 4.64. The van der Waals surface area contributed by atoms with Crippen LogP contribution in [-0.2, 0) is 6.54 Å². The fourth-order valence-electron chi connectivity index (χ4n) is 0.941. The molecule has 0 saturated carbocycles. The second-order valence-corrected chi connectivity index (χ2v) is 3.11. The fraction of sp³-hybridized carbons (Fsp3) is 0.556. The Morgan fingerprint density at radius 3 is 2.93 bits per heavy atom. The molecule has 0 aromatic carbocycles. The van der Waals surface area contributed by atoms with Gasteiger partial charge in [0.15, 0.2) is 5.76 Å². The third kappa shape index (κ3) is 2.76. The first-order valence-electron chi connectivity index (χ1n) is 4.54. The van der Waals surface area contributed by atoms with Crippen LogP contribution in [0.2, 0.25) is 0 Å². The molecule has 0 radical (unpaired) electrons. The number of hydrogen-bond donors (Lipinski definition) is 1. The summed E-state index contributed by atoms with van der Waals surface area (Å²) in [5, 5.41) is 6.44. The van der Waals surface area contributed by atoms with E-state index in [9.17, 15) is 4.79 Å². The molecular formula is C9H15N3O2. The first-order chi connectivity index (χ1) is 6.63. The Bertz CT molecular complexity index is 309. The average molecular weight is 197 g/mol. The van der Waals surface area contributed by atoms with Gasteiger partial charge in [-0.15, -0.1) is 0 Å². The lowest BCUT2D eigenvalue weighted by molar-refractivity contribution is 0.209. The van der Waals surface area contributed by atoms with Gasteiger partial charge in [-0.2, -0.15) is 0 Å². The van der Waals surface area contributed by atoms with E-state index in [1.165, 1.54) is 0 Å². The highest BCUT2D eigenvalue weighted by Crippen LogP contribution is 2.01. The van der Waals surface area contributed by atoms with Gasteiger partial charge in [0.1, 0.15) is 0 Å². The third-order valence-corrected chi connectivity index (χ3v) is 1.91. The largest absolute Gasteiger partial charge is 0.359 e. The molecule has 14 heavy (non-hydrogen) atoms. The topological polar surface area (TPSA) is 58.4 Å². The predicted molar refractivity (Wildman–Crippen MR) is 51.8 cm³/mol. The summed E-state index contributed by atoms with van der Waals surface area (Å²) in [5.41, 5.74) is 0.818.